The number of pyridine rings is 1. The van der Waals surface area contributed by atoms with Crippen LogP contribution in [0.15, 0.2) is 18.2 Å². The molecule has 1 rings (SSSR count). The van der Waals surface area contributed by atoms with Crippen LogP contribution in [0.2, 0.25) is 0 Å². The molecule has 88 valence electrons. The lowest BCUT2D eigenvalue weighted by molar-refractivity contribution is 0.901. The van der Waals surface area contributed by atoms with E-state index in [2.05, 4.69) is 24.1 Å². The molecule has 0 saturated heterocycles. The Labute approximate surface area is 106 Å². The molecule has 0 aliphatic heterocycles. The molecule has 0 radical (unpaired) electrons. The molecule has 1 heterocycles. The van der Waals surface area contributed by atoms with Crippen molar-refractivity contribution >= 4 is 34.8 Å². The second kappa shape index (κ2) is 6.70. The van der Waals surface area contributed by atoms with Gasteiger partial charge in [-0.2, -0.15) is 11.8 Å². The number of rotatable bonds is 6. The highest BCUT2D eigenvalue weighted by Crippen LogP contribution is 2.09. The van der Waals surface area contributed by atoms with E-state index in [1.807, 2.05) is 30.0 Å². The average Bonchev–Trinajstić information content (AvgIpc) is 2.26. The minimum atomic E-state index is 0.333. The van der Waals surface area contributed by atoms with Gasteiger partial charge in [0.1, 0.15) is 10.8 Å². The summed E-state index contributed by atoms with van der Waals surface area (Å²) < 4.78 is 0. The lowest BCUT2D eigenvalue weighted by Crippen LogP contribution is -2.20. The third-order valence-corrected chi connectivity index (χ3v) is 3.32. The summed E-state index contributed by atoms with van der Waals surface area (Å²) in [5.74, 6) is 3.02. The molecule has 0 saturated carbocycles. The van der Waals surface area contributed by atoms with E-state index in [-0.39, 0.29) is 0 Å². The largest absolute Gasteiger partial charge is 0.388 e. The van der Waals surface area contributed by atoms with Crippen molar-refractivity contribution in [3.05, 3.63) is 23.9 Å². The van der Waals surface area contributed by atoms with Crippen LogP contribution in [0.4, 0.5) is 5.82 Å². The number of aromatic nitrogens is 1. The fourth-order valence-electron chi connectivity index (χ4n) is 1.24. The number of anilines is 1. The van der Waals surface area contributed by atoms with Gasteiger partial charge in [-0.05, 0) is 24.8 Å². The molecule has 1 unspecified atom stereocenters. The van der Waals surface area contributed by atoms with E-state index in [9.17, 15) is 0 Å². The van der Waals surface area contributed by atoms with Gasteiger partial charge in [0, 0.05) is 11.8 Å². The van der Waals surface area contributed by atoms with Crippen LogP contribution in [0.25, 0.3) is 0 Å². The van der Waals surface area contributed by atoms with Gasteiger partial charge in [0.05, 0.1) is 5.69 Å². The van der Waals surface area contributed by atoms with Crippen molar-refractivity contribution in [2.24, 2.45) is 5.73 Å². The maximum atomic E-state index is 5.53. The lowest BCUT2D eigenvalue weighted by atomic mass is 10.3. The van der Waals surface area contributed by atoms with E-state index in [1.54, 1.807) is 0 Å². The van der Waals surface area contributed by atoms with Crippen LogP contribution in [-0.4, -0.2) is 27.5 Å². The lowest BCUT2D eigenvalue weighted by Gasteiger charge is -2.14. The van der Waals surface area contributed by atoms with Crippen LogP contribution in [0.3, 0.4) is 0 Å². The first-order chi connectivity index (χ1) is 7.63. The fraction of sp³-hybridized carbons (Fsp3) is 0.455. The smallest absolute Gasteiger partial charge is 0.126 e. The van der Waals surface area contributed by atoms with Crippen LogP contribution in [0, 0.1) is 0 Å². The molecule has 0 bridgehead atoms. The monoisotopic (exact) mass is 255 g/mol. The van der Waals surface area contributed by atoms with E-state index in [0.717, 1.165) is 17.3 Å². The molecule has 3 N–H and O–H groups in total. The third kappa shape index (κ3) is 4.37. The number of thioether (sulfide) groups is 1. The Morgan fingerprint density at radius 2 is 2.38 bits per heavy atom. The summed E-state index contributed by atoms with van der Waals surface area (Å²) in [5, 5.41) is 3.32. The van der Waals surface area contributed by atoms with Crippen molar-refractivity contribution in [2.75, 3.05) is 16.8 Å². The van der Waals surface area contributed by atoms with E-state index < -0.39 is 0 Å². The zero-order valence-corrected chi connectivity index (χ0v) is 11.2. The van der Waals surface area contributed by atoms with E-state index in [4.69, 9.17) is 18.0 Å². The van der Waals surface area contributed by atoms with Gasteiger partial charge in [0.15, 0.2) is 0 Å². The molecular formula is C11H17N3S2. The van der Waals surface area contributed by atoms with Gasteiger partial charge in [0.2, 0.25) is 0 Å². The van der Waals surface area contributed by atoms with E-state index >= 15 is 0 Å². The molecule has 5 heteroatoms. The molecular weight excluding hydrogens is 238 g/mol. The SMILES string of the molecule is CCSCC(C)Nc1cccc(C(N)=S)n1. The summed E-state index contributed by atoms with van der Waals surface area (Å²) in [5.41, 5.74) is 6.19. The summed E-state index contributed by atoms with van der Waals surface area (Å²) in [6.45, 7) is 4.29. The van der Waals surface area contributed by atoms with Crippen molar-refractivity contribution in [2.45, 2.75) is 19.9 Å². The van der Waals surface area contributed by atoms with Crippen molar-refractivity contribution in [1.29, 1.82) is 0 Å². The predicted octanol–water partition coefficient (Wildman–Crippen LogP) is 2.27. The number of thiocarbonyl (C=S) groups is 1. The summed E-state index contributed by atoms with van der Waals surface area (Å²) in [6, 6.07) is 6.04. The van der Waals surface area contributed by atoms with Crippen LogP contribution in [0.1, 0.15) is 19.5 Å². The van der Waals surface area contributed by atoms with Gasteiger partial charge in [-0.3, -0.25) is 0 Å². The fourth-order valence-corrected chi connectivity index (χ4v) is 2.03. The van der Waals surface area contributed by atoms with Gasteiger partial charge < -0.3 is 11.1 Å². The maximum absolute atomic E-state index is 5.53. The number of nitrogens with two attached hydrogens (primary N) is 1. The Bertz CT molecular complexity index is 355. The highest BCUT2D eigenvalue weighted by Gasteiger charge is 2.04. The topological polar surface area (TPSA) is 50.9 Å². The number of hydrogen-bond acceptors (Lipinski definition) is 4. The molecule has 1 aromatic rings. The van der Waals surface area contributed by atoms with Gasteiger partial charge in [-0.15, -0.1) is 0 Å². The standard InChI is InChI=1S/C11H17N3S2/c1-3-16-7-8(2)13-10-6-4-5-9(14-10)11(12)15/h4-6,8H,3,7H2,1-2H3,(H2,12,15)(H,13,14). The van der Waals surface area contributed by atoms with Gasteiger partial charge in [0.25, 0.3) is 0 Å². The molecule has 16 heavy (non-hydrogen) atoms. The molecule has 0 spiro atoms. The van der Waals surface area contributed by atoms with Crippen molar-refractivity contribution in [3.63, 3.8) is 0 Å². The summed E-state index contributed by atoms with van der Waals surface area (Å²) in [4.78, 5) is 4.67. The van der Waals surface area contributed by atoms with Crippen LogP contribution in [-0.2, 0) is 0 Å². The van der Waals surface area contributed by atoms with Crippen LogP contribution in [0.5, 0.6) is 0 Å². The number of nitrogens with one attached hydrogen (secondary N) is 1. The maximum Gasteiger partial charge on any atom is 0.126 e. The van der Waals surface area contributed by atoms with E-state index in [1.165, 1.54) is 0 Å². The molecule has 3 nitrogen and oxygen atoms in total. The number of nitrogens with zero attached hydrogens (tertiary/aromatic N) is 1. The van der Waals surface area contributed by atoms with Crippen LogP contribution >= 0.6 is 24.0 Å². The first-order valence-corrected chi connectivity index (χ1v) is 6.81. The minimum Gasteiger partial charge on any atom is -0.388 e. The average molecular weight is 255 g/mol. The van der Waals surface area contributed by atoms with Gasteiger partial charge in [-0.1, -0.05) is 25.2 Å². The third-order valence-electron chi connectivity index (χ3n) is 1.97. The summed E-state index contributed by atoms with van der Waals surface area (Å²) in [7, 11) is 0. The first-order valence-electron chi connectivity index (χ1n) is 5.24. The minimum absolute atomic E-state index is 0.333. The second-order valence-corrected chi connectivity index (χ2v) is 5.24. The Morgan fingerprint density at radius 1 is 1.62 bits per heavy atom. The predicted molar refractivity (Wildman–Crippen MR) is 76.2 cm³/mol. The Balaban J connectivity index is 2.59. The molecule has 0 aromatic carbocycles. The first kappa shape index (κ1) is 13.3. The molecule has 0 aliphatic carbocycles. The van der Waals surface area contributed by atoms with Crippen molar-refractivity contribution < 1.29 is 0 Å². The molecule has 0 aliphatic rings. The zero-order chi connectivity index (χ0) is 12.0. The van der Waals surface area contributed by atoms with Crippen molar-refractivity contribution in [1.82, 2.24) is 4.98 Å². The zero-order valence-electron chi connectivity index (χ0n) is 9.56. The summed E-state index contributed by atoms with van der Waals surface area (Å²) >= 11 is 6.79. The Kier molecular flexibility index (Phi) is 5.55. The second-order valence-electron chi connectivity index (χ2n) is 3.48. The molecule has 0 amide bonds. The number of hydrogen-bond donors (Lipinski definition) is 2. The van der Waals surface area contributed by atoms with Gasteiger partial charge in [-0.25, -0.2) is 4.98 Å². The highest BCUT2D eigenvalue weighted by molar-refractivity contribution is 7.99. The summed E-state index contributed by atoms with van der Waals surface area (Å²) in [6.07, 6.45) is 0. The normalized spacial score (nSPS) is 12.1. The quantitative estimate of drug-likeness (QED) is 0.764. The molecule has 1 aromatic heterocycles. The van der Waals surface area contributed by atoms with Crippen LogP contribution < -0.4 is 11.1 Å². The van der Waals surface area contributed by atoms with E-state index in [0.29, 0.717) is 16.7 Å². The molecule has 1 atom stereocenters. The highest BCUT2D eigenvalue weighted by atomic mass is 32.2. The van der Waals surface area contributed by atoms with Crippen molar-refractivity contribution in [3.8, 4) is 0 Å². The Morgan fingerprint density at radius 3 is 3.00 bits per heavy atom. The Hall–Kier alpha value is -0.810. The molecule has 0 fully saturated rings. The van der Waals surface area contributed by atoms with Gasteiger partial charge >= 0.3 is 0 Å².